The molecule has 0 fully saturated rings. The average molecular weight is 295 g/mol. The molecule has 0 atom stereocenters. The van der Waals surface area contributed by atoms with Crippen LogP contribution in [0.15, 0.2) is 18.2 Å². The molecule has 20 heavy (non-hydrogen) atoms. The number of amides is 1. The standard InChI is InChI=1S/C16H23ClN2O/c1-3-9-18(10-4-2)11-8-13-6-5-7-15-14(13)12-16(20)19(15)17/h5-7H,3-4,8-12H2,1-2H3. The zero-order valence-corrected chi connectivity index (χ0v) is 13.1. The molecule has 0 spiro atoms. The molecule has 1 aromatic rings. The van der Waals surface area contributed by atoms with Gasteiger partial charge in [0.15, 0.2) is 0 Å². The molecule has 0 aliphatic carbocycles. The van der Waals surface area contributed by atoms with Crippen molar-refractivity contribution in [2.75, 3.05) is 24.1 Å². The minimum absolute atomic E-state index is 0.0203. The van der Waals surface area contributed by atoms with Gasteiger partial charge in [0.25, 0.3) is 0 Å². The molecule has 0 N–H and O–H groups in total. The second-order valence-electron chi connectivity index (χ2n) is 5.36. The zero-order chi connectivity index (χ0) is 14.5. The number of halogens is 1. The summed E-state index contributed by atoms with van der Waals surface area (Å²) in [5.41, 5.74) is 3.24. The molecule has 1 aromatic carbocycles. The Bertz CT molecular complexity index is 470. The van der Waals surface area contributed by atoms with Crippen molar-refractivity contribution in [3.63, 3.8) is 0 Å². The van der Waals surface area contributed by atoms with Crippen molar-refractivity contribution in [3.8, 4) is 0 Å². The summed E-state index contributed by atoms with van der Waals surface area (Å²) in [5, 5.41) is 0. The molecule has 1 heterocycles. The number of nitrogens with zero attached hydrogens (tertiary/aromatic N) is 2. The molecule has 2 rings (SSSR count). The normalized spacial score (nSPS) is 14.2. The highest BCUT2D eigenvalue weighted by molar-refractivity contribution is 6.38. The topological polar surface area (TPSA) is 23.6 Å². The third-order valence-corrected chi connectivity index (χ3v) is 4.15. The number of benzene rings is 1. The van der Waals surface area contributed by atoms with Crippen molar-refractivity contribution in [2.45, 2.75) is 39.5 Å². The van der Waals surface area contributed by atoms with Crippen LogP contribution in [-0.2, 0) is 17.6 Å². The average Bonchev–Trinajstić information content (AvgIpc) is 2.73. The maximum Gasteiger partial charge on any atom is 0.246 e. The Balaban J connectivity index is 2.06. The molecule has 1 amide bonds. The van der Waals surface area contributed by atoms with Gasteiger partial charge in [-0.3, -0.25) is 4.79 Å². The van der Waals surface area contributed by atoms with Gasteiger partial charge in [-0.05, 0) is 49.5 Å². The third-order valence-electron chi connectivity index (χ3n) is 3.78. The minimum atomic E-state index is -0.0203. The lowest BCUT2D eigenvalue weighted by Gasteiger charge is -2.21. The lowest BCUT2D eigenvalue weighted by atomic mass is 10.0. The van der Waals surface area contributed by atoms with Gasteiger partial charge in [0.1, 0.15) is 0 Å². The van der Waals surface area contributed by atoms with E-state index in [9.17, 15) is 4.79 Å². The van der Waals surface area contributed by atoms with Gasteiger partial charge in [0, 0.05) is 18.3 Å². The summed E-state index contributed by atoms with van der Waals surface area (Å²) in [5.74, 6) is -0.0203. The first-order valence-electron chi connectivity index (χ1n) is 7.49. The van der Waals surface area contributed by atoms with Gasteiger partial charge in [0.2, 0.25) is 5.91 Å². The molecular formula is C16H23ClN2O. The second-order valence-corrected chi connectivity index (χ2v) is 5.70. The first kappa shape index (κ1) is 15.3. The largest absolute Gasteiger partial charge is 0.303 e. The van der Waals surface area contributed by atoms with Gasteiger partial charge in [-0.25, -0.2) is 4.42 Å². The van der Waals surface area contributed by atoms with E-state index in [0.717, 1.165) is 37.3 Å². The smallest absolute Gasteiger partial charge is 0.246 e. The minimum Gasteiger partial charge on any atom is -0.303 e. The molecule has 3 nitrogen and oxygen atoms in total. The summed E-state index contributed by atoms with van der Waals surface area (Å²) in [7, 11) is 0. The van der Waals surface area contributed by atoms with E-state index in [1.807, 2.05) is 12.1 Å². The molecule has 110 valence electrons. The molecule has 0 bridgehead atoms. The van der Waals surface area contributed by atoms with Crippen molar-refractivity contribution in [1.29, 1.82) is 0 Å². The summed E-state index contributed by atoms with van der Waals surface area (Å²) >= 11 is 6.00. The van der Waals surface area contributed by atoms with Crippen LogP contribution in [0.2, 0.25) is 0 Å². The van der Waals surface area contributed by atoms with E-state index in [2.05, 4.69) is 24.8 Å². The maximum absolute atomic E-state index is 11.7. The molecule has 4 heteroatoms. The van der Waals surface area contributed by atoms with Crippen LogP contribution in [-0.4, -0.2) is 30.4 Å². The van der Waals surface area contributed by atoms with Crippen LogP contribution in [0.5, 0.6) is 0 Å². The quantitative estimate of drug-likeness (QED) is 0.720. The fourth-order valence-electron chi connectivity index (χ4n) is 2.84. The van der Waals surface area contributed by atoms with Crippen molar-refractivity contribution in [3.05, 3.63) is 29.3 Å². The van der Waals surface area contributed by atoms with E-state index in [1.54, 1.807) is 0 Å². The number of fused-ring (bicyclic) bond motifs is 1. The van der Waals surface area contributed by atoms with Gasteiger partial charge in [0.05, 0.1) is 12.1 Å². The van der Waals surface area contributed by atoms with Gasteiger partial charge < -0.3 is 4.90 Å². The SMILES string of the molecule is CCCN(CCC)CCc1cccc2c1CC(=O)N2Cl. The molecule has 1 aliphatic rings. The molecule has 1 aliphatic heterocycles. The fourth-order valence-corrected chi connectivity index (χ4v) is 3.06. The maximum atomic E-state index is 11.7. The van der Waals surface area contributed by atoms with Gasteiger partial charge in [-0.1, -0.05) is 26.0 Å². The predicted molar refractivity (Wildman–Crippen MR) is 84.2 cm³/mol. The Hall–Kier alpha value is -1.06. The number of anilines is 1. The van der Waals surface area contributed by atoms with E-state index < -0.39 is 0 Å². The molecule has 0 aromatic heterocycles. The summed E-state index contributed by atoms with van der Waals surface area (Å²) in [6, 6.07) is 6.04. The summed E-state index contributed by atoms with van der Waals surface area (Å²) in [4.78, 5) is 14.2. The Morgan fingerprint density at radius 1 is 1.20 bits per heavy atom. The van der Waals surface area contributed by atoms with Gasteiger partial charge >= 0.3 is 0 Å². The molecule has 0 saturated carbocycles. The number of hydrogen-bond donors (Lipinski definition) is 0. The highest BCUT2D eigenvalue weighted by Crippen LogP contribution is 2.33. The summed E-state index contributed by atoms with van der Waals surface area (Å²) in [6.45, 7) is 7.77. The molecular weight excluding hydrogens is 272 g/mol. The number of carbonyl (C=O) groups is 1. The molecule has 0 saturated heterocycles. The van der Waals surface area contributed by atoms with Crippen LogP contribution in [0.3, 0.4) is 0 Å². The van der Waals surface area contributed by atoms with Crippen LogP contribution in [0.4, 0.5) is 5.69 Å². The Kier molecular flexibility index (Phi) is 5.44. The van der Waals surface area contributed by atoms with E-state index >= 15 is 0 Å². The molecule has 0 radical (unpaired) electrons. The Morgan fingerprint density at radius 2 is 1.90 bits per heavy atom. The monoisotopic (exact) mass is 294 g/mol. The van der Waals surface area contributed by atoms with E-state index in [1.165, 1.54) is 22.8 Å². The highest BCUT2D eigenvalue weighted by Gasteiger charge is 2.27. The zero-order valence-electron chi connectivity index (χ0n) is 12.4. The van der Waals surface area contributed by atoms with Gasteiger partial charge in [-0.2, -0.15) is 0 Å². The summed E-state index contributed by atoms with van der Waals surface area (Å²) < 4.78 is 1.26. The van der Waals surface area contributed by atoms with Crippen LogP contribution in [0.1, 0.15) is 37.8 Å². The lowest BCUT2D eigenvalue weighted by Crippen LogP contribution is -2.28. The van der Waals surface area contributed by atoms with Gasteiger partial charge in [-0.15, -0.1) is 0 Å². The third kappa shape index (κ3) is 3.33. The Morgan fingerprint density at radius 3 is 2.55 bits per heavy atom. The van der Waals surface area contributed by atoms with Crippen molar-refractivity contribution >= 4 is 23.4 Å². The van der Waals surface area contributed by atoms with Crippen molar-refractivity contribution in [2.24, 2.45) is 0 Å². The van der Waals surface area contributed by atoms with Crippen LogP contribution < -0.4 is 4.42 Å². The first-order valence-corrected chi connectivity index (χ1v) is 7.83. The predicted octanol–water partition coefficient (Wildman–Crippen LogP) is 3.39. The fraction of sp³-hybridized carbons (Fsp3) is 0.562. The van der Waals surface area contributed by atoms with Crippen LogP contribution >= 0.6 is 11.8 Å². The van der Waals surface area contributed by atoms with E-state index in [-0.39, 0.29) is 5.91 Å². The van der Waals surface area contributed by atoms with E-state index in [4.69, 9.17) is 11.8 Å². The summed E-state index contributed by atoms with van der Waals surface area (Å²) in [6.07, 6.45) is 3.79. The number of carbonyl (C=O) groups excluding carboxylic acids is 1. The second kappa shape index (κ2) is 7.09. The van der Waals surface area contributed by atoms with E-state index in [0.29, 0.717) is 6.42 Å². The highest BCUT2D eigenvalue weighted by atomic mass is 35.5. The number of rotatable bonds is 7. The van der Waals surface area contributed by atoms with Crippen molar-refractivity contribution in [1.82, 2.24) is 4.90 Å². The van der Waals surface area contributed by atoms with Crippen LogP contribution in [0, 0.1) is 0 Å². The Labute approximate surface area is 126 Å². The first-order chi connectivity index (χ1) is 9.67. The number of hydrogen-bond acceptors (Lipinski definition) is 2. The lowest BCUT2D eigenvalue weighted by molar-refractivity contribution is -0.116. The molecule has 0 unspecified atom stereocenters. The van der Waals surface area contributed by atoms with Crippen molar-refractivity contribution < 1.29 is 4.79 Å². The van der Waals surface area contributed by atoms with Crippen LogP contribution in [0.25, 0.3) is 0 Å².